The van der Waals surface area contributed by atoms with Gasteiger partial charge in [-0.3, -0.25) is 4.79 Å². The first-order valence-corrected chi connectivity index (χ1v) is 36.8. The zero-order valence-corrected chi connectivity index (χ0v) is 59.0. The van der Waals surface area contributed by atoms with E-state index in [1.165, 1.54) is 57.7 Å². The summed E-state index contributed by atoms with van der Waals surface area (Å²) in [7, 11) is 8.35. The first-order valence-electron chi connectivity index (χ1n) is 33.4. The number of anilines is 8. The molecule has 1 amide bonds. The van der Waals surface area contributed by atoms with Crippen LogP contribution in [0.15, 0.2) is 104 Å². The Labute approximate surface area is 587 Å². The molecule has 0 atom stereocenters. The first kappa shape index (κ1) is 67.3. The van der Waals surface area contributed by atoms with Crippen molar-refractivity contribution in [2.24, 2.45) is 5.92 Å². The van der Waals surface area contributed by atoms with Gasteiger partial charge in [-0.25, -0.2) is 73.0 Å². The van der Waals surface area contributed by atoms with Crippen LogP contribution in [0, 0.1) is 30.3 Å². The average molecular weight is 1410 g/mol. The lowest BCUT2D eigenvalue weighted by Gasteiger charge is -2.22. The van der Waals surface area contributed by atoms with E-state index in [1.807, 2.05) is 12.1 Å². The molecule has 0 unspecified atom stereocenters. The van der Waals surface area contributed by atoms with Gasteiger partial charge in [-0.2, -0.15) is 0 Å². The average Bonchev–Trinajstić information content (AvgIpc) is 1.66. The Morgan fingerprint density at radius 1 is 0.505 bits per heavy atom. The summed E-state index contributed by atoms with van der Waals surface area (Å²) < 4.78 is 40.2. The Bertz CT molecular complexity index is 4860. The van der Waals surface area contributed by atoms with Gasteiger partial charge >= 0.3 is 0 Å². The van der Waals surface area contributed by atoms with E-state index in [4.69, 9.17) is 9.97 Å². The van der Waals surface area contributed by atoms with Crippen molar-refractivity contribution in [1.82, 2.24) is 80.2 Å². The van der Waals surface area contributed by atoms with Crippen LogP contribution in [0.5, 0.6) is 0 Å². The molecule has 5 aliphatic rings. The maximum Gasteiger partial charge on any atom is 0.280 e. The number of nitrogens with one attached hydrogen (secondary N) is 2. The van der Waals surface area contributed by atoms with E-state index in [-0.39, 0.29) is 23.4 Å². The minimum Gasteiger partial charge on any atom is -0.350 e. The molecule has 0 aliphatic carbocycles. The molecule has 1 fully saturated rings. The highest BCUT2D eigenvalue weighted by molar-refractivity contribution is 7.20. The normalized spacial score (nSPS) is 14.8. The molecule has 4 aromatic carbocycles. The van der Waals surface area contributed by atoms with Crippen LogP contribution in [0.1, 0.15) is 79.7 Å². The molecule has 1 saturated heterocycles. The lowest BCUT2D eigenvalue weighted by atomic mass is 9.98. The molecule has 17 rings (SSSR count). The monoisotopic (exact) mass is 1410 g/mol. The largest absolute Gasteiger partial charge is 0.350 e. The Hall–Kier alpha value is -8.90. The van der Waals surface area contributed by atoms with Gasteiger partial charge in [0.15, 0.2) is 28.3 Å². The number of rotatable bonds is 16. The van der Waals surface area contributed by atoms with Crippen LogP contribution < -0.4 is 30.2 Å². The van der Waals surface area contributed by atoms with Crippen LogP contribution in [0.2, 0.25) is 0 Å². The molecule has 0 saturated carbocycles. The van der Waals surface area contributed by atoms with E-state index in [1.54, 1.807) is 77.8 Å². The number of hydrogen-bond donors (Lipinski definition) is 2. The van der Waals surface area contributed by atoms with Crippen molar-refractivity contribution < 1.29 is 18.0 Å². The SMILES string of the molecule is CN(C)CCCCc1nc2c(N3CCc4cc(F)ccc43)ncnc2s1.CN(C)CCCc1nc2c(N3CCc4cc(F)ccc43)ncnc2s1.Cc1ccc2c(c1)CCN2c1ncnc2sc(C(=O)NCC3CCNCC3)nc12.Fc1ccc2c(c1)CCN2c1ncnc2scnc12. The number of benzene rings is 4. The first-order chi connectivity index (χ1) is 48.2. The van der Waals surface area contributed by atoms with Gasteiger partial charge in [-0.1, -0.05) is 51.7 Å². The molecule has 0 radical (unpaired) electrons. The smallest absolute Gasteiger partial charge is 0.280 e. The molecule has 99 heavy (non-hydrogen) atoms. The summed E-state index contributed by atoms with van der Waals surface area (Å²) in [6.45, 7) is 10.2. The molecule has 510 valence electrons. The Balaban J connectivity index is 0.000000114. The van der Waals surface area contributed by atoms with Crippen LogP contribution in [0.25, 0.3) is 41.4 Å². The highest BCUT2D eigenvalue weighted by Gasteiger charge is 2.30. The number of carbonyl (C=O) groups is 1. The third kappa shape index (κ3) is 15.2. The van der Waals surface area contributed by atoms with Gasteiger partial charge in [0.05, 0.1) is 15.5 Å². The molecular formula is C71H75F3N20OS4. The number of aromatic nitrogens is 12. The third-order valence-electron chi connectivity index (χ3n) is 18.1. The highest BCUT2D eigenvalue weighted by Crippen LogP contribution is 2.42. The Kier molecular flexibility index (Phi) is 20.6. The van der Waals surface area contributed by atoms with Crippen LogP contribution in [-0.4, -0.2) is 163 Å². The molecule has 21 nitrogen and oxygen atoms in total. The highest BCUT2D eigenvalue weighted by atomic mass is 32.1. The van der Waals surface area contributed by atoms with Crippen molar-refractivity contribution in [3.63, 3.8) is 0 Å². The second kappa shape index (κ2) is 30.3. The molecule has 13 heterocycles. The lowest BCUT2D eigenvalue weighted by molar-refractivity contribution is 0.0944. The van der Waals surface area contributed by atoms with Crippen molar-refractivity contribution in [1.29, 1.82) is 0 Å². The fraction of sp³-hybridized carbons (Fsp3) is 0.366. The van der Waals surface area contributed by atoms with E-state index >= 15 is 0 Å². The van der Waals surface area contributed by atoms with Crippen LogP contribution in [0.3, 0.4) is 0 Å². The summed E-state index contributed by atoms with van der Waals surface area (Å²) in [6, 6.07) is 21.3. The summed E-state index contributed by atoms with van der Waals surface area (Å²) in [5.41, 5.74) is 14.9. The predicted octanol–water partition coefficient (Wildman–Crippen LogP) is 13.0. The van der Waals surface area contributed by atoms with Gasteiger partial charge in [-0.05, 0) is 214 Å². The molecule has 8 aromatic heterocycles. The quantitative estimate of drug-likeness (QED) is 0.0860. The number of unbranched alkanes of at least 4 members (excludes halogenated alkanes) is 1. The van der Waals surface area contributed by atoms with Crippen LogP contribution in [0.4, 0.5) is 59.2 Å². The summed E-state index contributed by atoms with van der Waals surface area (Å²) in [5, 5.41) is 9.07. The molecule has 0 bridgehead atoms. The number of carbonyl (C=O) groups excluding carboxylic acids is 1. The van der Waals surface area contributed by atoms with Gasteiger partial charge in [0, 0.05) is 61.9 Å². The van der Waals surface area contributed by atoms with E-state index in [0.29, 0.717) is 23.0 Å². The standard InChI is InChI=1S/C21H24N6OS.C19H22FN5S.C18H20FN5S.C13H9FN4S/c1-13-2-3-16-15(10-13)6-9-27(16)18-17-20(25-12-24-18)29-21(26-17)19(28)23-11-14-4-7-22-8-5-14;1-24(2)9-4-3-5-16-23-17-18(21-12-22-19(17)26-16)25-10-8-13-11-14(20)6-7-15(13)25;1-23(2)8-3-4-15-22-16-17(20-11-21-18(16)25-15)24-9-7-12-10-13(19)5-6-14(12)24;14-9-1-2-10-8(5-9)3-4-18(10)12-11-13(16-6-15-12)19-7-17-11/h2-3,10,12,14,22H,4-9,11H2,1H3,(H,23,28);6-7,11-12H,3-5,8-10H2,1-2H3;5-6,10-11H,3-4,7-9H2,1-2H3;1-2,5-7H,3-4H2. The fourth-order valence-corrected chi connectivity index (χ4v) is 16.6. The van der Waals surface area contributed by atoms with Crippen LogP contribution in [-0.2, 0) is 38.5 Å². The zero-order chi connectivity index (χ0) is 68.1. The maximum absolute atomic E-state index is 13.5. The van der Waals surface area contributed by atoms with E-state index in [9.17, 15) is 18.0 Å². The molecule has 2 N–H and O–H groups in total. The minimum absolute atomic E-state index is 0.116. The summed E-state index contributed by atoms with van der Waals surface area (Å²) in [5.74, 6) is 3.09. The van der Waals surface area contributed by atoms with Crippen molar-refractivity contribution in [2.75, 3.05) is 107 Å². The number of fused-ring (bicyclic) bond motifs is 8. The number of nitrogens with zero attached hydrogens (tertiary/aromatic N) is 18. The number of halogens is 3. The van der Waals surface area contributed by atoms with E-state index < -0.39 is 0 Å². The predicted molar refractivity (Wildman–Crippen MR) is 390 cm³/mol. The second-order valence-corrected chi connectivity index (χ2v) is 29.6. The molecule has 12 aromatic rings. The van der Waals surface area contributed by atoms with Gasteiger partial charge in [0.1, 0.15) is 84.1 Å². The summed E-state index contributed by atoms with van der Waals surface area (Å²) in [6.07, 6.45) is 17.2. The zero-order valence-electron chi connectivity index (χ0n) is 55.8. The summed E-state index contributed by atoms with van der Waals surface area (Å²) in [4.78, 5) is 82.9. The van der Waals surface area contributed by atoms with E-state index in [2.05, 4.69) is 143 Å². The topological polar surface area (TPSA) is 215 Å². The van der Waals surface area contributed by atoms with Gasteiger partial charge in [0.2, 0.25) is 0 Å². The number of piperidine rings is 1. The van der Waals surface area contributed by atoms with Gasteiger partial charge < -0.3 is 40.0 Å². The van der Waals surface area contributed by atoms with Gasteiger partial charge in [-0.15, -0.1) is 11.3 Å². The molecule has 28 heteroatoms. The van der Waals surface area contributed by atoms with Crippen molar-refractivity contribution in [3.8, 4) is 0 Å². The van der Waals surface area contributed by atoms with Gasteiger partial charge in [0.25, 0.3) is 5.91 Å². The van der Waals surface area contributed by atoms with Crippen molar-refractivity contribution in [2.45, 2.75) is 77.6 Å². The lowest BCUT2D eigenvalue weighted by Crippen LogP contribution is -2.35. The Morgan fingerprint density at radius 2 is 0.929 bits per heavy atom. The molecule has 5 aliphatic heterocycles. The number of hydrogen-bond acceptors (Lipinski definition) is 24. The third-order valence-corrected chi connectivity index (χ3v) is 21.9. The molecule has 0 spiro atoms. The Morgan fingerprint density at radius 3 is 1.42 bits per heavy atom. The number of aryl methyl sites for hydroxylation is 3. The minimum atomic E-state index is -0.193. The fourth-order valence-electron chi connectivity index (χ4n) is 13.3. The number of amides is 1. The summed E-state index contributed by atoms with van der Waals surface area (Å²) >= 11 is 6.12. The van der Waals surface area contributed by atoms with Crippen LogP contribution >= 0.6 is 45.3 Å². The maximum atomic E-state index is 13.5. The number of thiazole rings is 4. The molecular weight excluding hydrogens is 1330 g/mol. The van der Waals surface area contributed by atoms with Crippen molar-refractivity contribution in [3.05, 3.63) is 164 Å². The van der Waals surface area contributed by atoms with E-state index in [0.717, 1.165) is 226 Å². The second-order valence-electron chi connectivity index (χ2n) is 25.6. The van der Waals surface area contributed by atoms with Crippen molar-refractivity contribution >= 4 is 139 Å².